The van der Waals surface area contributed by atoms with Crippen LogP contribution in [0.4, 0.5) is 0 Å². The minimum absolute atomic E-state index is 0.0357. The zero-order chi connectivity index (χ0) is 20.1. The van der Waals surface area contributed by atoms with Crippen molar-refractivity contribution in [3.05, 3.63) is 21.9 Å². The van der Waals surface area contributed by atoms with Crippen LogP contribution in [0.2, 0.25) is 0 Å². The molecule has 0 bridgehead atoms. The molecule has 2 saturated heterocycles. The predicted molar refractivity (Wildman–Crippen MR) is 111 cm³/mol. The molecule has 2 aliphatic heterocycles. The fourth-order valence-electron chi connectivity index (χ4n) is 4.12. The molecule has 2 aliphatic rings. The van der Waals surface area contributed by atoms with Crippen LogP contribution in [0.3, 0.4) is 0 Å². The Labute approximate surface area is 172 Å². The van der Waals surface area contributed by atoms with E-state index in [0.29, 0.717) is 25.7 Å². The molecule has 7 nitrogen and oxygen atoms in total. The van der Waals surface area contributed by atoms with Crippen molar-refractivity contribution in [1.29, 1.82) is 0 Å². The van der Waals surface area contributed by atoms with E-state index in [0.717, 1.165) is 55.2 Å². The molecule has 0 aromatic carbocycles. The van der Waals surface area contributed by atoms with E-state index in [9.17, 15) is 13.2 Å². The van der Waals surface area contributed by atoms with Gasteiger partial charge in [-0.2, -0.15) is 0 Å². The van der Waals surface area contributed by atoms with E-state index in [1.165, 1.54) is 17.6 Å². The van der Waals surface area contributed by atoms with Crippen molar-refractivity contribution in [2.24, 2.45) is 0 Å². The maximum absolute atomic E-state index is 12.3. The molecule has 1 N–H and O–H groups in total. The number of nitrogens with one attached hydrogen (secondary N) is 1. The summed E-state index contributed by atoms with van der Waals surface area (Å²) in [5.41, 5.74) is 0. The van der Waals surface area contributed by atoms with Crippen molar-refractivity contribution >= 4 is 27.3 Å². The number of thiophene rings is 1. The van der Waals surface area contributed by atoms with Gasteiger partial charge >= 0.3 is 0 Å². The van der Waals surface area contributed by atoms with Crippen molar-refractivity contribution in [2.45, 2.75) is 44.7 Å². The summed E-state index contributed by atoms with van der Waals surface area (Å²) >= 11 is 1.50. The Morgan fingerprint density at radius 3 is 2.68 bits per heavy atom. The van der Waals surface area contributed by atoms with Gasteiger partial charge in [0.05, 0.1) is 11.1 Å². The molecule has 1 amide bonds. The molecule has 28 heavy (non-hydrogen) atoms. The number of carbonyl (C=O) groups is 1. The van der Waals surface area contributed by atoms with Crippen LogP contribution in [0.15, 0.2) is 12.1 Å². The highest BCUT2D eigenvalue weighted by molar-refractivity contribution is 7.88. The highest BCUT2D eigenvalue weighted by atomic mass is 32.2. The van der Waals surface area contributed by atoms with Crippen LogP contribution in [-0.2, 0) is 14.8 Å². The Balaban J connectivity index is 1.62. The lowest BCUT2D eigenvalue weighted by Gasteiger charge is -2.43. The molecule has 0 saturated carbocycles. The number of amides is 1. The molecular weight excluding hydrogens is 398 g/mol. The van der Waals surface area contributed by atoms with Crippen LogP contribution < -0.4 is 5.32 Å². The van der Waals surface area contributed by atoms with Gasteiger partial charge in [-0.3, -0.25) is 9.69 Å². The van der Waals surface area contributed by atoms with Crippen molar-refractivity contribution in [2.75, 3.05) is 45.6 Å². The van der Waals surface area contributed by atoms with E-state index >= 15 is 0 Å². The lowest BCUT2D eigenvalue weighted by atomic mass is 9.99. The largest absolute Gasteiger partial charge is 0.381 e. The summed E-state index contributed by atoms with van der Waals surface area (Å²) in [5.74, 6) is -0.0357. The summed E-state index contributed by atoms with van der Waals surface area (Å²) in [7, 11) is -3.18. The van der Waals surface area contributed by atoms with Gasteiger partial charge in [0.2, 0.25) is 10.0 Å². The number of hydrogen-bond acceptors (Lipinski definition) is 6. The fraction of sp³-hybridized carbons (Fsp3) is 0.737. The summed E-state index contributed by atoms with van der Waals surface area (Å²) in [6, 6.07) is 4.37. The zero-order valence-corrected chi connectivity index (χ0v) is 18.4. The quantitative estimate of drug-likeness (QED) is 0.714. The Kier molecular flexibility index (Phi) is 7.49. The van der Waals surface area contributed by atoms with Crippen LogP contribution in [-0.4, -0.2) is 81.3 Å². The van der Waals surface area contributed by atoms with E-state index in [1.807, 2.05) is 19.1 Å². The first kappa shape index (κ1) is 21.7. The van der Waals surface area contributed by atoms with E-state index in [1.54, 1.807) is 4.31 Å². The van der Waals surface area contributed by atoms with E-state index in [2.05, 4.69) is 10.2 Å². The summed E-state index contributed by atoms with van der Waals surface area (Å²) in [6.07, 6.45) is 5.05. The van der Waals surface area contributed by atoms with Gasteiger partial charge in [-0.25, -0.2) is 12.7 Å². The molecule has 0 spiro atoms. The minimum atomic E-state index is -3.18. The predicted octanol–water partition coefficient (Wildman–Crippen LogP) is 1.69. The molecule has 1 atom stereocenters. The normalized spacial score (nSPS) is 22.5. The van der Waals surface area contributed by atoms with Gasteiger partial charge in [0.1, 0.15) is 0 Å². The molecule has 3 heterocycles. The first-order valence-electron chi connectivity index (χ1n) is 9.98. The van der Waals surface area contributed by atoms with Crippen LogP contribution in [0.5, 0.6) is 0 Å². The molecule has 0 aliphatic carbocycles. The minimum Gasteiger partial charge on any atom is -0.381 e. The SMILES string of the molecule is Cc1ccc(C(=O)NCCN(C2CCOCC2)C2CCCN(S(C)(=O)=O)C2)s1. The molecule has 1 unspecified atom stereocenters. The van der Waals surface area contributed by atoms with E-state index in [-0.39, 0.29) is 11.9 Å². The lowest BCUT2D eigenvalue weighted by Crippen LogP contribution is -2.55. The Hall–Kier alpha value is -1.00. The second-order valence-corrected chi connectivity index (χ2v) is 10.9. The van der Waals surface area contributed by atoms with Gasteiger partial charge < -0.3 is 10.1 Å². The third kappa shape index (κ3) is 5.76. The molecule has 2 fully saturated rings. The lowest BCUT2D eigenvalue weighted by molar-refractivity contribution is 0.00673. The standard InChI is InChI=1S/C19H31N3O4S2/c1-15-5-6-18(27-15)19(23)20-9-11-22(16-7-12-26-13-8-16)17-4-3-10-21(14-17)28(2,24)25/h5-6,16-17H,3-4,7-14H2,1-2H3,(H,20,23). The second kappa shape index (κ2) is 9.67. The van der Waals surface area contributed by atoms with Gasteiger partial charge in [-0.05, 0) is 44.7 Å². The molecule has 0 radical (unpaired) electrons. The summed E-state index contributed by atoms with van der Waals surface area (Å²) in [4.78, 5) is 16.6. The first-order chi connectivity index (χ1) is 13.3. The summed E-state index contributed by atoms with van der Waals surface area (Å²) in [5, 5.41) is 3.03. The fourth-order valence-corrected chi connectivity index (χ4v) is 5.80. The van der Waals surface area contributed by atoms with Gasteiger partial charge in [-0.1, -0.05) is 0 Å². The highest BCUT2D eigenvalue weighted by Crippen LogP contribution is 2.24. The third-order valence-electron chi connectivity index (χ3n) is 5.58. The van der Waals surface area contributed by atoms with Gasteiger partial charge in [0.15, 0.2) is 0 Å². The number of piperidine rings is 1. The maximum atomic E-state index is 12.3. The molecule has 9 heteroatoms. The van der Waals surface area contributed by atoms with Crippen molar-refractivity contribution in [3.63, 3.8) is 0 Å². The molecular formula is C19H31N3O4S2. The number of carbonyl (C=O) groups excluding carboxylic acids is 1. The Morgan fingerprint density at radius 1 is 1.29 bits per heavy atom. The first-order valence-corrected chi connectivity index (χ1v) is 12.6. The topological polar surface area (TPSA) is 79.0 Å². The van der Waals surface area contributed by atoms with Crippen LogP contribution >= 0.6 is 11.3 Å². The van der Waals surface area contributed by atoms with Crippen molar-refractivity contribution < 1.29 is 17.9 Å². The summed E-state index contributed by atoms with van der Waals surface area (Å²) in [6.45, 7) is 5.89. The zero-order valence-electron chi connectivity index (χ0n) is 16.7. The monoisotopic (exact) mass is 429 g/mol. The van der Waals surface area contributed by atoms with Crippen LogP contribution in [0.25, 0.3) is 0 Å². The van der Waals surface area contributed by atoms with Crippen molar-refractivity contribution in [1.82, 2.24) is 14.5 Å². The number of ether oxygens (including phenoxy) is 1. The molecule has 3 rings (SSSR count). The van der Waals surface area contributed by atoms with Gasteiger partial charge in [-0.15, -0.1) is 11.3 Å². The van der Waals surface area contributed by atoms with Gasteiger partial charge in [0, 0.05) is 56.4 Å². The number of aryl methyl sites for hydroxylation is 1. The van der Waals surface area contributed by atoms with Crippen LogP contribution in [0.1, 0.15) is 40.2 Å². The number of hydrogen-bond donors (Lipinski definition) is 1. The second-order valence-electron chi connectivity index (χ2n) is 7.66. The smallest absolute Gasteiger partial charge is 0.261 e. The third-order valence-corrected chi connectivity index (χ3v) is 7.85. The highest BCUT2D eigenvalue weighted by Gasteiger charge is 2.33. The summed E-state index contributed by atoms with van der Waals surface area (Å²) < 4.78 is 31.2. The average molecular weight is 430 g/mol. The van der Waals surface area contributed by atoms with Gasteiger partial charge in [0.25, 0.3) is 5.91 Å². The molecule has 1 aromatic heterocycles. The number of nitrogens with zero attached hydrogens (tertiary/aromatic N) is 2. The average Bonchev–Trinajstić information content (AvgIpc) is 3.12. The Bertz CT molecular complexity index is 759. The molecule has 158 valence electrons. The molecule has 1 aromatic rings. The Morgan fingerprint density at radius 2 is 2.04 bits per heavy atom. The van der Waals surface area contributed by atoms with Crippen LogP contribution in [0, 0.1) is 6.92 Å². The van der Waals surface area contributed by atoms with E-state index in [4.69, 9.17) is 4.74 Å². The number of rotatable bonds is 7. The van der Waals surface area contributed by atoms with E-state index < -0.39 is 10.0 Å². The number of sulfonamides is 1. The van der Waals surface area contributed by atoms with Crippen molar-refractivity contribution in [3.8, 4) is 0 Å². The maximum Gasteiger partial charge on any atom is 0.261 e.